The van der Waals surface area contributed by atoms with Crippen molar-refractivity contribution in [2.24, 2.45) is 0 Å². The Morgan fingerprint density at radius 1 is 0.730 bits per heavy atom. The molecule has 0 unspecified atom stereocenters. The minimum Gasteiger partial charge on any atom is -0.508 e. The van der Waals surface area contributed by atoms with Crippen LogP contribution in [0.5, 0.6) is 11.5 Å². The first kappa shape index (κ1) is 27.6. The van der Waals surface area contributed by atoms with E-state index >= 15 is 0 Å². The van der Waals surface area contributed by atoms with Crippen LogP contribution in [0.3, 0.4) is 0 Å². The summed E-state index contributed by atoms with van der Waals surface area (Å²) in [5.41, 5.74) is 0.937. The van der Waals surface area contributed by atoms with Crippen molar-refractivity contribution in [3.05, 3.63) is 83.9 Å². The molecule has 0 aliphatic heterocycles. The van der Waals surface area contributed by atoms with Crippen LogP contribution in [-0.2, 0) is 33.1 Å². The number of hydrogen-bond acceptors (Lipinski definition) is 8. The monoisotopic (exact) mass is 540 g/mol. The number of nitriles is 2. The summed E-state index contributed by atoms with van der Waals surface area (Å²) < 4.78 is 60.0. The molecule has 0 radical (unpaired) electrons. The average molecular weight is 541 g/mol. The van der Waals surface area contributed by atoms with E-state index < -0.39 is 33.1 Å². The number of benzene rings is 3. The molecular formula is C25H24N4O6S2. The van der Waals surface area contributed by atoms with Crippen LogP contribution in [0.4, 0.5) is 0 Å². The van der Waals surface area contributed by atoms with Gasteiger partial charge in [0, 0.05) is 13.1 Å². The van der Waals surface area contributed by atoms with Gasteiger partial charge in [0.15, 0.2) is 0 Å². The Hall–Kier alpha value is -3.94. The van der Waals surface area contributed by atoms with Crippen molar-refractivity contribution >= 4 is 20.0 Å². The van der Waals surface area contributed by atoms with Crippen molar-refractivity contribution in [3.63, 3.8) is 0 Å². The zero-order valence-corrected chi connectivity index (χ0v) is 21.5. The van der Waals surface area contributed by atoms with Crippen molar-refractivity contribution < 1.29 is 26.7 Å². The third-order valence-corrected chi connectivity index (χ3v) is 9.09. The molecule has 0 saturated carbocycles. The third kappa shape index (κ3) is 6.44. The number of phenols is 1. The van der Waals surface area contributed by atoms with Crippen LogP contribution >= 0.6 is 0 Å². The minimum atomic E-state index is -4.11. The zero-order chi connectivity index (χ0) is 27.1. The SMILES string of the molecule is COc1ccc(S(=O)(=O)N(CC#N)Cc2ccccc2CN(CC#N)S(=O)(=O)c2ccc(O)cc2)cc1. The quantitative estimate of drug-likeness (QED) is 0.365. The molecular weight excluding hydrogens is 516 g/mol. The molecule has 0 bridgehead atoms. The van der Waals surface area contributed by atoms with Gasteiger partial charge in [0.25, 0.3) is 0 Å². The average Bonchev–Trinajstić information content (AvgIpc) is 2.89. The van der Waals surface area contributed by atoms with Crippen LogP contribution in [0, 0.1) is 22.7 Å². The van der Waals surface area contributed by atoms with Gasteiger partial charge in [-0.1, -0.05) is 24.3 Å². The van der Waals surface area contributed by atoms with Crippen LogP contribution in [-0.4, -0.2) is 50.8 Å². The molecule has 1 N–H and O–H groups in total. The number of ether oxygens (including phenoxy) is 1. The van der Waals surface area contributed by atoms with Gasteiger partial charge in [0.1, 0.15) is 24.6 Å². The largest absolute Gasteiger partial charge is 0.508 e. The van der Waals surface area contributed by atoms with Gasteiger partial charge in [-0.05, 0) is 59.7 Å². The Labute approximate surface area is 216 Å². The second-order valence-corrected chi connectivity index (χ2v) is 11.7. The maximum Gasteiger partial charge on any atom is 0.244 e. The molecule has 0 fully saturated rings. The van der Waals surface area contributed by atoms with Crippen LogP contribution in [0.15, 0.2) is 82.6 Å². The summed E-state index contributed by atoms with van der Waals surface area (Å²) in [6.07, 6.45) is 0. The van der Waals surface area contributed by atoms with E-state index in [0.717, 1.165) is 8.61 Å². The lowest BCUT2D eigenvalue weighted by Gasteiger charge is -2.24. The number of sulfonamides is 2. The van der Waals surface area contributed by atoms with E-state index in [1.807, 2.05) is 12.1 Å². The zero-order valence-electron chi connectivity index (χ0n) is 19.9. The first-order chi connectivity index (χ1) is 17.6. The van der Waals surface area contributed by atoms with E-state index in [1.165, 1.54) is 55.6 Å². The molecule has 0 aliphatic rings. The fourth-order valence-electron chi connectivity index (χ4n) is 3.52. The summed E-state index contributed by atoms with van der Waals surface area (Å²) in [7, 11) is -6.72. The number of rotatable bonds is 11. The summed E-state index contributed by atoms with van der Waals surface area (Å²) in [6, 6.07) is 21.0. The molecule has 12 heteroatoms. The standard InChI is InChI=1S/C25H24N4O6S2/c1-35-23-8-12-25(13-9-23)37(33,34)29(17-15-27)19-21-5-3-2-4-20(21)18-28(16-14-26)36(31,32)24-10-6-22(30)7-11-24/h2-13,30H,16-19H2,1H3. The van der Waals surface area contributed by atoms with Gasteiger partial charge in [-0.15, -0.1) is 0 Å². The molecule has 0 atom stereocenters. The Kier molecular flexibility index (Phi) is 8.86. The highest BCUT2D eigenvalue weighted by Crippen LogP contribution is 2.25. The molecule has 37 heavy (non-hydrogen) atoms. The van der Waals surface area contributed by atoms with Gasteiger partial charge in [-0.2, -0.15) is 19.1 Å². The number of aromatic hydroxyl groups is 1. The second kappa shape index (κ2) is 11.9. The van der Waals surface area contributed by atoms with Crippen molar-refractivity contribution in [2.75, 3.05) is 20.2 Å². The topological polar surface area (TPSA) is 152 Å². The van der Waals surface area contributed by atoms with Crippen LogP contribution in [0.2, 0.25) is 0 Å². The van der Waals surface area contributed by atoms with Crippen LogP contribution in [0.25, 0.3) is 0 Å². The lowest BCUT2D eigenvalue weighted by Crippen LogP contribution is -2.33. The molecule has 10 nitrogen and oxygen atoms in total. The van der Waals surface area contributed by atoms with E-state index in [-0.39, 0.29) is 28.6 Å². The highest BCUT2D eigenvalue weighted by atomic mass is 32.2. The Balaban J connectivity index is 1.95. The maximum absolute atomic E-state index is 13.3. The molecule has 0 saturated heterocycles. The smallest absolute Gasteiger partial charge is 0.244 e. The summed E-state index contributed by atoms with van der Waals surface area (Å²) in [5, 5.41) is 28.1. The van der Waals surface area contributed by atoms with Crippen molar-refractivity contribution in [2.45, 2.75) is 22.9 Å². The minimum absolute atomic E-state index is 0.0259. The number of methoxy groups -OCH3 is 1. The van der Waals surface area contributed by atoms with E-state index in [4.69, 9.17) is 4.74 Å². The molecule has 192 valence electrons. The predicted octanol–water partition coefficient (Wildman–Crippen LogP) is 2.83. The molecule has 0 heterocycles. The Morgan fingerprint density at radius 3 is 1.51 bits per heavy atom. The van der Waals surface area contributed by atoms with E-state index in [1.54, 1.807) is 24.3 Å². The summed E-state index contributed by atoms with van der Waals surface area (Å²) in [6.45, 7) is -1.30. The lowest BCUT2D eigenvalue weighted by molar-refractivity contribution is 0.413. The number of nitrogens with zero attached hydrogens (tertiary/aromatic N) is 4. The Morgan fingerprint density at radius 2 is 1.14 bits per heavy atom. The molecule has 0 aromatic heterocycles. The van der Waals surface area contributed by atoms with E-state index in [2.05, 4.69) is 0 Å². The lowest BCUT2D eigenvalue weighted by atomic mass is 10.1. The van der Waals surface area contributed by atoms with E-state index in [0.29, 0.717) is 16.9 Å². The van der Waals surface area contributed by atoms with Gasteiger partial charge < -0.3 is 9.84 Å². The predicted molar refractivity (Wildman–Crippen MR) is 134 cm³/mol. The first-order valence-electron chi connectivity index (χ1n) is 10.9. The molecule has 0 spiro atoms. The highest BCUT2D eigenvalue weighted by molar-refractivity contribution is 7.89. The molecule has 0 amide bonds. The third-order valence-electron chi connectivity index (χ3n) is 5.48. The first-order valence-corrected chi connectivity index (χ1v) is 13.8. The highest BCUT2D eigenvalue weighted by Gasteiger charge is 2.28. The van der Waals surface area contributed by atoms with Gasteiger partial charge in [0.05, 0.1) is 29.0 Å². The van der Waals surface area contributed by atoms with Crippen molar-refractivity contribution in [1.82, 2.24) is 8.61 Å². The second-order valence-electron chi connectivity index (χ2n) is 7.80. The summed E-state index contributed by atoms with van der Waals surface area (Å²) in [5.74, 6) is 0.371. The molecule has 3 aromatic rings. The van der Waals surface area contributed by atoms with E-state index in [9.17, 15) is 32.5 Å². The number of hydrogen-bond donors (Lipinski definition) is 1. The van der Waals surface area contributed by atoms with Gasteiger partial charge >= 0.3 is 0 Å². The maximum atomic E-state index is 13.3. The van der Waals surface area contributed by atoms with Crippen molar-refractivity contribution in [3.8, 4) is 23.6 Å². The fourth-order valence-corrected chi connectivity index (χ4v) is 6.15. The van der Waals surface area contributed by atoms with Gasteiger partial charge in [-0.3, -0.25) is 0 Å². The summed E-state index contributed by atoms with van der Waals surface area (Å²) in [4.78, 5) is -0.131. The number of phenolic OH excluding ortho intramolecular Hbond substituents is 1. The van der Waals surface area contributed by atoms with Crippen molar-refractivity contribution in [1.29, 1.82) is 10.5 Å². The van der Waals surface area contributed by atoms with Crippen LogP contribution in [0.1, 0.15) is 11.1 Å². The molecule has 3 rings (SSSR count). The normalized spacial score (nSPS) is 11.7. The summed E-state index contributed by atoms with van der Waals surface area (Å²) >= 11 is 0. The Bertz CT molecular complexity index is 1530. The van der Waals surface area contributed by atoms with Crippen LogP contribution < -0.4 is 4.74 Å². The molecule has 3 aromatic carbocycles. The fraction of sp³-hybridized carbons (Fsp3) is 0.200. The van der Waals surface area contributed by atoms with Gasteiger partial charge in [0.2, 0.25) is 20.0 Å². The van der Waals surface area contributed by atoms with Gasteiger partial charge in [-0.25, -0.2) is 16.8 Å². The molecule has 0 aliphatic carbocycles.